The van der Waals surface area contributed by atoms with Crippen molar-refractivity contribution in [2.75, 3.05) is 7.05 Å². The monoisotopic (exact) mass is 311 g/mol. The van der Waals surface area contributed by atoms with Crippen molar-refractivity contribution in [2.24, 2.45) is 0 Å². The molecule has 0 radical (unpaired) electrons. The van der Waals surface area contributed by atoms with Crippen LogP contribution in [0.4, 0.5) is 0 Å². The summed E-state index contributed by atoms with van der Waals surface area (Å²) in [5, 5.41) is 0. The van der Waals surface area contributed by atoms with Gasteiger partial charge < -0.3 is 9.64 Å². The maximum atomic E-state index is 12.6. The quantitative estimate of drug-likeness (QED) is 0.803. The minimum absolute atomic E-state index is 0.00887. The molecule has 2 aromatic rings. The van der Waals surface area contributed by atoms with Gasteiger partial charge in [-0.1, -0.05) is 48.9 Å². The molecule has 2 rings (SSSR count). The number of benzene rings is 2. The Balaban J connectivity index is 2.02. The van der Waals surface area contributed by atoms with Crippen LogP contribution in [0.1, 0.15) is 30.0 Å². The number of hydrogen-bond donors (Lipinski definition) is 0. The molecule has 122 valence electrons. The summed E-state index contributed by atoms with van der Waals surface area (Å²) in [5.41, 5.74) is 3.46. The lowest BCUT2D eigenvalue weighted by Crippen LogP contribution is -2.39. The SMILES string of the molecule is CC[C@@H](Oc1cccc(C)c1)C(=O)N(C)Cc1ccc(C)cc1. The minimum Gasteiger partial charge on any atom is -0.481 e. The van der Waals surface area contributed by atoms with Crippen LogP contribution in [0.2, 0.25) is 0 Å². The average Bonchev–Trinajstić information content (AvgIpc) is 2.54. The molecular formula is C20H25NO2. The van der Waals surface area contributed by atoms with E-state index in [1.807, 2.05) is 45.2 Å². The maximum Gasteiger partial charge on any atom is 0.263 e. The molecule has 0 fully saturated rings. The molecule has 23 heavy (non-hydrogen) atoms. The van der Waals surface area contributed by atoms with Crippen LogP contribution in [0.5, 0.6) is 5.75 Å². The normalized spacial score (nSPS) is 11.8. The number of nitrogens with zero attached hydrogens (tertiary/aromatic N) is 1. The zero-order chi connectivity index (χ0) is 16.8. The molecule has 0 aromatic heterocycles. The average molecular weight is 311 g/mol. The summed E-state index contributed by atoms with van der Waals surface area (Å²) in [4.78, 5) is 14.4. The number of carbonyl (C=O) groups excluding carboxylic acids is 1. The summed E-state index contributed by atoms with van der Waals surface area (Å²) < 4.78 is 5.89. The molecule has 0 N–H and O–H groups in total. The van der Waals surface area contributed by atoms with Gasteiger partial charge in [0.1, 0.15) is 5.75 Å². The highest BCUT2D eigenvalue weighted by molar-refractivity contribution is 5.81. The molecule has 0 spiro atoms. The van der Waals surface area contributed by atoms with E-state index >= 15 is 0 Å². The van der Waals surface area contributed by atoms with Gasteiger partial charge in [-0.2, -0.15) is 0 Å². The highest BCUT2D eigenvalue weighted by Crippen LogP contribution is 2.17. The Morgan fingerprint density at radius 1 is 1.09 bits per heavy atom. The molecule has 2 aromatic carbocycles. The van der Waals surface area contributed by atoms with E-state index in [0.717, 1.165) is 16.9 Å². The van der Waals surface area contributed by atoms with Gasteiger partial charge in [-0.15, -0.1) is 0 Å². The molecule has 1 amide bonds. The predicted molar refractivity (Wildman–Crippen MR) is 93.5 cm³/mol. The molecule has 0 aliphatic rings. The highest BCUT2D eigenvalue weighted by Gasteiger charge is 2.22. The van der Waals surface area contributed by atoms with Crippen molar-refractivity contribution < 1.29 is 9.53 Å². The van der Waals surface area contributed by atoms with E-state index in [1.54, 1.807) is 4.90 Å². The Morgan fingerprint density at radius 2 is 1.78 bits per heavy atom. The van der Waals surface area contributed by atoms with Crippen LogP contribution in [0.3, 0.4) is 0 Å². The number of aryl methyl sites for hydroxylation is 2. The first-order valence-electron chi connectivity index (χ1n) is 8.03. The number of rotatable bonds is 6. The largest absolute Gasteiger partial charge is 0.481 e. The van der Waals surface area contributed by atoms with E-state index in [1.165, 1.54) is 5.56 Å². The summed E-state index contributed by atoms with van der Waals surface area (Å²) in [6.07, 6.45) is 0.192. The van der Waals surface area contributed by atoms with Gasteiger partial charge in [0.2, 0.25) is 0 Å². The summed E-state index contributed by atoms with van der Waals surface area (Å²) in [5.74, 6) is 0.753. The number of hydrogen-bond acceptors (Lipinski definition) is 2. The third-order valence-electron chi connectivity index (χ3n) is 3.83. The van der Waals surface area contributed by atoms with Gasteiger partial charge in [-0.05, 0) is 43.5 Å². The third-order valence-corrected chi connectivity index (χ3v) is 3.83. The predicted octanol–water partition coefficient (Wildman–Crippen LogP) is 4.12. The van der Waals surface area contributed by atoms with Crippen LogP contribution in [0.15, 0.2) is 48.5 Å². The molecule has 0 aliphatic carbocycles. The Morgan fingerprint density at radius 3 is 2.39 bits per heavy atom. The van der Waals surface area contributed by atoms with Crippen LogP contribution >= 0.6 is 0 Å². The smallest absolute Gasteiger partial charge is 0.263 e. The van der Waals surface area contributed by atoms with Crippen LogP contribution in [0.25, 0.3) is 0 Å². The lowest BCUT2D eigenvalue weighted by molar-refractivity contribution is -0.138. The molecule has 0 bridgehead atoms. The van der Waals surface area contributed by atoms with Crippen LogP contribution in [0, 0.1) is 13.8 Å². The second kappa shape index (κ2) is 7.82. The van der Waals surface area contributed by atoms with E-state index in [2.05, 4.69) is 31.2 Å². The van der Waals surface area contributed by atoms with Gasteiger partial charge in [0, 0.05) is 13.6 Å². The molecule has 1 atom stereocenters. The van der Waals surface area contributed by atoms with Crippen molar-refractivity contribution in [1.29, 1.82) is 0 Å². The number of ether oxygens (including phenoxy) is 1. The van der Waals surface area contributed by atoms with E-state index in [9.17, 15) is 4.79 Å². The standard InChI is InChI=1S/C20H25NO2/c1-5-19(23-18-8-6-7-16(3)13-18)20(22)21(4)14-17-11-9-15(2)10-12-17/h6-13,19H,5,14H2,1-4H3/t19-/m1/s1. The van der Waals surface area contributed by atoms with E-state index in [0.29, 0.717) is 13.0 Å². The van der Waals surface area contributed by atoms with E-state index in [4.69, 9.17) is 4.74 Å². The first-order valence-corrected chi connectivity index (χ1v) is 8.03. The van der Waals surface area contributed by atoms with Crippen molar-refractivity contribution in [2.45, 2.75) is 39.8 Å². The molecule has 0 unspecified atom stereocenters. The fourth-order valence-corrected chi connectivity index (χ4v) is 2.45. The zero-order valence-corrected chi connectivity index (χ0v) is 14.4. The molecule has 0 heterocycles. The molecule has 0 saturated heterocycles. The summed E-state index contributed by atoms with van der Waals surface area (Å²) in [7, 11) is 1.82. The van der Waals surface area contributed by atoms with Crippen LogP contribution in [-0.2, 0) is 11.3 Å². The van der Waals surface area contributed by atoms with Gasteiger partial charge in [0.15, 0.2) is 6.10 Å². The number of likely N-dealkylation sites (N-methyl/N-ethyl adjacent to an activating group) is 1. The second-order valence-corrected chi connectivity index (χ2v) is 6.01. The molecule has 0 saturated carbocycles. The summed E-state index contributed by atoms with van der Waals surface area (Å²) in [6, 6.07) is 16.0. The van der Waals surface area contributed by atoms with Crippen molar-refractivity contribution in [3.05, 3.63) is 65.2 Å². The fourth-order valence-electron chi connectivity index (χ4n) is 2.45. The van der Waals surface area contributed by atoms with Gasteiger partial charge in [0.05, 0.1) is 0 Å². The third kappa shape index (κ3) is 4.85. The Labute approximate surface area is 138 Å². The van der Waals surface area contributed by atoms with Crippen molar-refractivity contribution in [1.82, 2.24) is 4.90 Å². The minimum atomic E-state index is -0.452. The number of carbonyl (C=O) groups is 1. The van der Waals surface area contributed by atoms with Crippen LogP contribution in [-0.4, -0.2) is 24.0 Å². The van der Waals surface area contributed by atoms with Gasteiger partial charge >= 0.3 is 0 Å². The molecule has 3 heteroatoms. The van der Waals surface area contributed by atoms with Gasteiger partial charge in [-0.25, -0.2) is 0 Å². The van der Waals surface area contributed by atoms with Crippen molar-refractivity contribution in [3.63, 3.8) is 0 Å². The summed E-state index contributed by atoms with van der Waals surface area (Å²) >= 11 is 0. The molecule has 3 nitrogen and oxygen atoms in total. The van der Waals surface area contributed by atoms with E-state index in [-0.39, 0.29) is 5.91 Å². The first-order chi connectivity index (χ1) is 11.0. The fraction of sp³-hybridized carbons (Fsp3) is 0.350. The summed E-state index contributed by atoms with van der Waals surface area (Å²) in [6.45, 7) is 6.63. The molecule has 0 aliphatic heterocycles. The van der Waals surface area contributed by atoms with Crippen molar-refractivity contribution in [3.8, 4) is 5.75 Å². The van der Waals surface area contributed by atoms with Gasteiger partial charge in [-0.3, -0.25) is 4.79 Å². The maximum absolute atomic E-state index is 12.6. The topological polar surface area (TPSA) is 29.5 Å². The lowest BCUT2D eigenvalue weighted by atomic mass is 10.1. The Bertz CT molecular complexity index is 649. The molecular weight excluding hydrogens is 286 g/mol. The van der Waals surface area contributed by atoms with Crippen molar-refractivity contribution >= 4 is 5.91 Å². The Kier molecular flexibility index (Phi) is 5.80. The number of amides is 1. The van der Waals surface area contributed by atoms with Crippen LogP contribution < -0.4 is 4.74 Å². The highest BCUT2D eigenvalue weighted by atomic mass is 16.5. The second-order valence-electron chi connectivity index (χ2n) is 6.01. The van der Waals surface area contributed by atoms with Gasteiger partial charge in [0.25, 0.3) is 5.91 Å². The first kappa shape index (κ1) is 17.1. The lowest BCUT2D eigenvalue weighted by Gasteiger charge is -2.24. The zero-order valence-electron chi connectivity index (χ0n) is 14.4. The Hall–Kier alpha value is -2.29. The van der Waals surface area contributed by atoms with E-state index < -0.39 is 6.10 Å².